The summed E-state index contributed by atoms with van der Waals surface area (Å²) in [5, 5.41) is 3.87. The van der Waals surface area contributed by atoms with Crippen molar-refractivity contribution in [3.63, 3.8) is 0 Å². The fraction of sp³-hybridized carbons (Fsp3) is 0.524. The molecule has 5 heteroatoms. The number of carbonyl (C=O) groups is 1. The number of hydrogen-bond donors (Lipinski definition) is 1. The number of rotatable bonds is 8. The molecule has 0 saturated carbocycles. The van der Waals surface area contributed by atoms with Crippen LogP contribution < -0.4 is 10.1 Å². The molecule has 142 valence electrons. The number of nitrogens with zero attached hydrogens (tertiary/aromatic N) is 1. The summed E-state index contributed by atoms with van der Waals surface area (Å²) in [6, 6.07) is 7.52. The van der Waals surface area contributed by atoms with Crippen molar-refractivity contribution in [2.24, 2.45) is 11.8 Å². The Balaban J connectivity index is 2.33. The van der Waals surface area contributed by atoms with Gasteiger partial charge in [0.2, 0.25) is 0 Å². The molecular weight excluding hydrogens is 328 g/mol. The zero-order valence-corrected chi connectivity index (χ0v) is 16.6. The highest BCUT2D eigenvalue weighted by Gasteiger charge is 2.34. The quantitative estimate of drug-likeness (QED) is 0.745. The minimum absolute atomic E-state index is 0.158. The second-order valence-corrected chi connectivity index (χ2v) is 7.70. The maximum atomic E-state index is 12.9. The molecule has 1 atom stereocenters. The summed E-state index contributed by atoms with van der Waals surface area (Å²) in [5.41, 5.74) is 0.575. The number of methoxy groups -OCH3 is 1. The maximum Gasteiger partial charge on any atom is 0.256 e. The molecule has 0 bridgehead atoms. The lowest BCUT2D eigenvalue weighted by Crippen LogP contribution is -2.43. The van der Waals surface area contributed by atoms with E-state index in [4.69, 9.17) is 9.47 Å². The van der Waals surface area contributed by atoms with Gasteiger partial charge in [-0.3, -0.25) is 9.78 Å². The van der Waals surface area contributed by atoms with Gasteiger partial charge in [-0.2, -0.15) is 0 Å². The Labute approximate surface area is 156 Å². The van der Waals surface area contributed by atoms with Crippen molar-refractivity contribution in [1.82, 2.24) is 4.98 Å². The Bertz CT molecular complexity index is 758. The third-order valence-electron chi connectivity index (χ3n) is 4.28. The number of ether oxygens (including phenoxy) is 2. The smallest absolute Gasteiger partial charge is 0.256 e. The topological polar surface area (TPSA) is 60.5 Å². The number of carbonyl (C=O) groups excluding carboxylic acids is 1. The average molecular weight is 358 g/mol. The molecule has 0 aliphatic heterocycles. The number of amides is 1. The highest BCUT2D eigenvalue weighted by Crippen LogP contribution is 2.31. The number of anilines is 1. The second kappa shape index (κ2) is 8.49. The molecule has 2 rings (SSSR count). The standard InChI is InChI=1S/C21H30N2O3/c1-14(2)12-21(5,25-6)20(24)23-17-9-10-18(26-13-15(3)4)19-16(17)8-7-11-22-19/h7-11,14-15H,12-13H2,1-6H3,(H,23,24)/t21-/m1/s1. The molecule has 26 heavy (non-hydrogen) atoms. The third kappa shape index (κ3) is 4.73. The van der Waals surface area contributed by atoms with Crippen LogP contribution in [-0.2, 0) is 9.53 Å². The molecule has 0 radical (unpaired) electrons. The first-order chi connectivity index (χ1) is 12.3. The van der Waals surface area contributed by atoms with E-state index in [1.807, 2.05) is 31.2 Å². The normalized spacial score (nSPS) is 13.8. The van der Waals surface area contributed by atoms with Crippen LogP contribution in [0, 0.1) is 11.8 Å². The van der Waals surface area contributed by atoms with Crippen LogP contribution in [-0.4, -0.2) is 30.2 Å². The van der Waals surface area contributed by atoms with Gasteiger partial charge in [0, 0.05) is 18.7 Å². The minimum Gasteiger partial charge on any atom is -0.491 e. The number of aromatic nitrogens is 1. The zero-order chi connectivity index (χ0) is 19.3. The first kappa shape index (κ1) is 20.2. The first-order valence-electron chi connectivity index (χ1n) is 9.14. The predicted octanol–water partition coefficient (Wildman–Crippen LogP) is 4.66. The van der Waals surface area contributed by atoms with Crippen molar-refractivity contribution in [3.8, 4) is 5.75 Å². The highest BCUT2D eigenvalue weighted by molar-refractivity contribution is 6.05. The monoisotopic (exact) mass is 358 g/mol. The van der Waals surface area contributed by atoms with E-state index < -0.39 is 5.60 Å². The number of hydrogen-bond acceptors (Lipinski definition) is 4. The first-order valence-corrected chi connectivity index (χ1v) is 9.14. The second-order valence-electron chi connectivity index (χ2n) is 7.70. The van der Waals surface area contributed by atoms with E-state index >= 15 is 0 Å². The van der Waals surface area contributed by atoms with E-state index in [1.165, 1.54) is 0 Å². The molecule has 0 fully saturated rings. The Morgan fingerprint density at radius 1 is 1.19 bits per heavy atom. The van der Waals surface area contributed by atoms with Crippen LogP contribution in [0.5, 0.6) is 5.75 Å². The summed E-state index contributed by atoms with van der Waals surface area (Å²) in [6.45, 7) is 10.8. The van der Waals surface area contributed by atoms with Crippen molar-refractivity contribution >= 4 is 22.5 Å². The van der Waals surface area contributed by atoms with Crippen LogP contribution >= 0.6 is 0 Å². The predicted molar refractivity (Wildman–Crippen MR) is 106 cm³/mol. The van der Waals surface area contributed by atoms with Crippen molar-refractivity contribution in [3.05, 3.63) is 30.5 Å². The van der Waals surface area contributed by atoms with Gasteiger partial charge < -0.3 is 14.8 Å². The Kier molecular flexibility index (Phi) is 6.59. The molecule has 1 N–H and O–H groups in total. The SMILES string of the molecule is CO[C@](C)(CC(C)C)C(=O)Nc1ccc(OCC(C)C)c2ncccc12. The number of pyridine rings is 1. The van der Waals surface area contributed by atoms with Crippen molar-refractivity contribution in [1.29, 1.82) is 0 Å². The summed E-state index contributed by atoms with van der Waals surface area (Å²) in [6.07, 6.45) is 2.37. The van der Waals surface area contributed by atoms with E-state index in [-0.39, 0.29) is 5.91 Å². The van der Waals surface area contributed by atoms with Gasteiger partial charge in [-0.25, -0.2) is 0 Å². The molecule has 1 aromatic carbocycles. The molecule has 2 aromatic rings. The van der Waals surface area contributed by atoms with E-state index in [1.54, 1.807) is 13.3 Å². The lowest BCUT2D eigenvalue weighted by molar-refractivity contribution is -0.137. The minimum atomic E-state index is -0.879. The van der Waals surface area contributed by atoms with Gasteiger partial charge in [0.15, 0.2) is 0 Å². The lowest BCUT2D eigenvalue weighted by atomic mass is 9.93. The summed E-state index contributed by atoms with van der Waals surface area (Å²) in [7, 11) is 1.57. The summed E-state index contributed by atoms with van der Waals surface area (Å²) in [4.78, 5) is 17.3. The highest BCUT2D eigenvalue weighted by atomic mass is 16.5. The van der Waals surface area contributed by atoms with Gasteiger partial charge in [-0.05, 0) is 49.4 Å². The Morgan fingerprint density at radius 2 is 1.92 bits per heavy atom. The van der Waals surface area contributed by atoms with E-state index in [9.17, 15) is 4.79 Å². The maximum absolute atomic E-state index is 12.9. The number of benzene rings is 1. The molecule has 0 unspecified atom stereocenters. The van der Waals surface area contributed by atoms with Gasteiger partial charge in [0.25, 0.3) is 5.91 Å². The lowest BCUT2D eigenvalue weighted by Gasteiger charge is -2.28. The molecule has 5 nitrogen and oxygen atoms in total. The van der Waals surface area contributed by atoms with Gasteiger partial charge in [0.1, 0.15) is 16.9 Å². The van der Waals surface area contributed by atoms with Gasteiger partial charge in [-0.1, -0.05) is 27.7 Å². The van der Waals surface area contributed by atoms with Crippen molar-refractivity contribution in [2.75, 3.05) is 19.0 Å². The zero-order valence-electron chi connectivity index (χ0n) is 16.6. The molecule has 1 aromatic heterocycles. The largest absolute Gasteiger partial charge is 0.491 e. The van der Waals surface area contributed by atoms with Gasteiger partial charge >= 0.3 is 0 Å². The molecule has 1 heterocycles. The summed E-state index contributed by atoms with van der Waals surface area (Å²) >= 11 is 0. The number of nitrogens with one attached hydrogen (secondary N) is 1. The van der Waals surface area contributed by atoms with Crippen LogP contribution in [0.25, 0.3) is 10.9 Å². The molecule has 0 spiro atoms. The van der Waals surface area contributed by atoms with Gasteiger partial charge in [0.05, 0.1) is 12.3 Å². The molecule has 0 aliphatic rings. The number of fused-ring (bicyclic) bond motifs is 1. The van der Waals surface area contributed by atoms with E-state index in [2.05, 4.69) is 38.0 Å². The van der Waals surface area contributed by atoms with Crippen LogP contribution in [0.15, 0.2) is 30.5 Å². The van der Waals surface area contributed by atoms with Crippen molar-refractivity contribution < 1.29 is 14.3 Å². The Morgan fingerprint density at radius 3 is 2.54 bits per heavy atom. The third-order valence-corrected chi connectivity index (χ3v) is 4.28. The summed E-state index contributed by atoms with van der Waals surface area (Å²) < 4.78 is 11.4. The van der Waals surface area contributed by atoms with Gasteiger partial charge in [-0.15, -0.1) is 0 Å². The fourth-order valence-corrected chi connectivity index (χ4v) is 2.93. The van der Waals surface area contributed by atoms with Crippen molar-refractivity contribution in [2.45, 2.75) is 46.6 Å². The summed E-state index contributed by atoms with van der Waals surface area (Å²) in [5.74, 6) is 1.33. The molecule has 1 amide bonds. The van der Waals surface area contributed by atoms with Crippen LogP contribution in [0.2, 0.25) is 0 Å². The van der Waals surface area contributed by atoms with Crippen LogP contribution in [0.3, 0.4) is 0 Å². The Hall–Kier alpha value is -2.14. The van der Waals surface area contributed by atoms with E-state index in [0.29, 0.717) is 30.6 Å². The molecule has 0 saturated heterocycles. The molecule has 0 aliphatic carbocycles. The molecular formula is C21H30N2O3. The van der Waals surface area contributed by atoms with E-state index in [0.717, 1.165) is 16.7 Å². The fourth-order valence-electron chi connectivity index (χ4n) is 2.93. The van der Waals surface area contributed by atoms with Crippen LogP contribution in [0.4, 0.5) is 5.69 Å². The average Bonchev–Trinajstić information content (AvgIpc) is 2.60. The van der Waals surface area contributed by atoms with Crippen LogP contribution in [0.1, 0.15) is 41.0 Å².